The van der Waals surface area contributed by atoms with Crippen molar-refractivity contribution >= 4 is 35.0 Å². The van der Waals surface area contributed by atoms with Crippen LogP contribution in [0, 0.1) is 0 Å². The van der Waals surface area contributed by atoms with Gasteiger partial charge >= 0.3 is 0 Å². The molecule has 3 nitrogen and oxygen atoms in total. The number of thioether (sulfide) groups is 1. The molecule has 1 N–H and O–H groups in total. The highest BCUT2D eigenvalue weighted by Gasteiger charge is 2.11. The standard InChI is InChI=1S/C13H11ClN2OS/c1-18-12-5-3-2-4-9(12)13(17)16-11-8-15-7-6-10(11)14/h2-8H,1H3,(H,16,17). The van der Waals surface area contributed by atoms with Crippen LogP contribution in [0.4, 0.5) is 5.69 Å². The van der Waals surface area contributed by atoms with Gasteiger partial charge in [-0.15, -0.1) is 11.8 Å². The largest absolute Gasteiger partial charge is 0.319 e. The number of amides is 1. The van der Waals surface area contributed by atoms with E-state index in [2.05, 4.69) is 10.3 Å². The first kappa shape index (κ1) is 12.9. The van der Waals surface area contributed by atoms with E-state index in [4.69, 9.17) is 11.6 Å². The zero-order valence-electron chi connectivity index (χ0n) is 9.68. The van der Waals surface area contributed by atoms with Crippen LogP contribution in [0.2, 0.25) is 5.02 Å². The highest BCUT2D eigenvalue weighted by Crippen LogP contribution is 2.23. The molecule has 1 heterocycles. The Kier molecular flexibility index (Phi) is 4.23. The fourth-order valence-corrected chi connectivity index (χ4v) is 2.24. The molecule has 0 spiro atoms. The minimum Gasteiger partial charge on any atom is -0.319 e. The molecule has 0 unspecified atom stereocenters. The van der Waals surface area contributed by atoms with Gasteiger partial charge in [0.05, 0.1) is 22.5 Å². The number of pyridine rings is 1. The van der Waals surface area contributed by atoms with Gasteiger partial charge in [-0.3, -0.25) is 9.78 Å². The predicted molar refractivity (Wildman–Crippen MR) is 75.4 cm³/mol. The molecular formula is C13H11ClN2OS. The second kappa shape index (κ2) is 5.89. The van der Waals surface area contributed by atoms with Crippen molar-refractivity contribution in [3.05, 3.63) is 53.3 Å². The highest BCUT2D eigenvalue weighted by molar-refractivity contribution is 7.98. The molecule has 0 saturated carbocycles. The molecule has 2 aromatic rings. The van der Waals surface area contributed by atoms with Crippen molar-refractivity contribution in [3.8, 4) is 0 Å². The predicted octanol–water partition coefficient (Wildman–Crippen LogP) is 3.71. The molecule has 0 aliphatic carbocycles. The van der Waals surface area contributed by atoms with Crippen LogP contribution >= 0.6 is 23.4 Å². The summed E-state index contributed by atoms with van der Waals surface area (Å²) in [7, 11) is 0. The lowest BCUT2D eigenvalue weighted by atomic mass is 10.2. The summed E-state index contributed by atoms with van der Waals surface area (Å²) in [5, 5.41) is 3.23. The summed E-state index contributed by atoms with van der Waals surface area (Å²) in [6, 6.07) is 9.06. The first-order valence-electron chi connectivity index (χ1n) is 5.26. The van der Waals surface area contributed by atoms with Crippen molar-refractivity contribution in [1.82, 2.24) is 4.98 Å². The molecule has 1 aromatic heterocycles. The second-order valence-corrected chi connectivity index (χ2v) is 4.77. The molecule has 0 radical (unpaired) electrons. The van der Waals surface area contributed by atoms with Gasteiger partial charge in [-0.1, -0.05) is 23.7 Å². The fraction of sp³-hybridized carbons (Fsp3) is 0.0769. The second-order valence-electron chi connectivity index (χ2n) is 3.51. The van der Waals surface area contributed by atoms with Gasteiger partial charge < -0.3 is 5.32 Å². The Morgan fingerprint density at radius 1 is 1.33 bits per heavy atom. The van der Waals surface area contributed by atoms with E-state index in [9.17, 15) is 4.79 Å². The van der Waals surface area contributed by atoms with Crippen molar-refractivity contribution in [2.45, 2.75) is 4.90 Å². The number of carbonyl (C=O) groups excluding carboxylic acids is 1. The number of nitrogens with one attached hydrogen (secondary N) is 1. The van der Waals surface area contributed by atoms with E-state index in [0.29, 0.717) is 16.3 Å². The van der Waals surface area contributed by atoms with Gasteiger partial charge in [0, 0.05) is 11.1 Å². The average molecular weight is 279 g/mol. The van der Waals surface area contributed by atoms with Gasteiger partial charge in [0.25, 0.3) is 5.91 Å². The van der Waals surface area contributed by atoms with Crippen molar-refractivity contribution < 1.29 is 4.79 Å². The summed E-state index contributed by atoms with van der Waals surface area (Å²) in [6.07, 6.45) is 5.04. The maximum atomic E-state index is 12.1. The molecule has 0 aliphatic rings. The molecule has 0 atom stereocenters. The molecule has 1 aromatic carbocycles. The molecule has 1 amide bonds. The van der Waals surface area contributed by atoms with Crippen LogP contribution in [0.1, 0.15) is 10.4 Å². The molecule has 2 rings (SSSR count). The number of carbonyl (C=O) groups is 1. The number of hydrogen-bond donors (Lipinski definition) is 1. The molecule has 0 saturated heterocycles. The zero-order chi connectivity index (χ0) is 13.0. The van der Waals surface area contributed by atoms with E-state index in [0.717, 1.165) is 4.90 Å². The summed E-state index contributed by atoms with van der Waals surface area (Å²) in [4.78, 5) is 17.0. The minimum absolute atomic E-state index is 0.185. The third-order valence-corrected chi connectivity index (χ3v) is 3.49. The fourth-order valence-electron chi connectivity index (χ4n) is 1.49. The third kappa shape index (κ3) is 2.83. The van der Waals surface area contributed by atoms with E-state index in [1.807, 2.05) is 24.5 Å². The van der Waals surface area contributed by atoms with E-state index in [-0.39, 0.29) is 5.91 Å². The van der Waals surface area contributed by atoms with Gasteiger partial charge in [-0.25, -0.2) is 0 Å². The maximum Gasteiger partial charge on any atom is 0.256 e. The summed E-state index contributed by atoms with van der Waals surface area (Å²) >= 11 is 7.50. The Balaban J connectivity index is 2.25. The summed E-state index contributed by atoms with van der Waals surface area (Å²) in [6.45, 7) is 0. The summed E-state index contributed by atoms with van der Waals surface area (Å²) in [5.74, 6) is -0.185. The van der Waals surface area contributed by atoms with Crippen molar-refractivity contribution in [2.24, 2.45) is 0 Å². The van der Waals surface area contributed by atoms with Crippen LogP contribution in [-0.2, 0) is 0 Å². The molecule has 18 heavy (non-hydrogen) atoms. The van der Waals surface area contributed by atoms with Gasteiger partial charge in [0.1, 0.15) is 0 Å². The molecule has 5 heteroatoms. The SMILES string of the molecule is CSc1ccccc1C(=O)Nc1cnccc1Cl. The maximum absolute atomic E-state index is 12.1. The quantitative estimate of drug-likeness (QED) is 0.870. The Bertz CT molecular complexity index is 574. The lowest BCUT2D eigenvalue weighted by Crippen LogP contribution is -2.13. The van der Waals surface area contributed by atoms with Crippen LogP contribution in [0.15, 0.2) is 47.6 Å². The lowest BCUT2D eigenvalue weighted by molar-refractivity contribution is 0.102. The van der Waals surface area contributed by atoms with Crippen LogP contribution in [0.25, 0.3) is 0 Å². The average Bonchev–Trinajstić information content (AvgIpc) is 2.41. The van der Waals surface area contributed by atoms with E-state index in [1.165, 1.54) is 18.0 Å². The zero-order valence-corrected chi connectivity index (χ0v) is 11.3. The van der Waals surface area contributed by atoms with Crippen molar-refractivity contribution in [2.75, 3.05) is 11.6 Å². The van der Waals surface area contributed by atoms with Crippen LogP contribution in [-0.4, -0.2) is 17.1 Å². The normalized spacial score (nSPS) is 10.1. The van der Waals surface area contributed by atoms with Gasteiger partial charge in [-0.2, -0.15) is 0 Å². The Morgan fingerprint density at radius 2 is 2.11 bits per heavy atom. The van der Waals surface area contributed by atoms with Gasteiger partial charge in [0.15, 0.2) is 0 Å². The van der Waals surface area contributed by atoms with E-state index in [1.54, 1.807) is 18.3 Å². The van der Waals surface area contributed by atoms with Crippen LogP contribution < -0.4 is 5.32 Å². The monoisotopic (exact) mass is 278 g/mol. The number of anilines is 1. The summed E-state index contributed by atoms with van der Waals surface area (Å²) in [5.41, 5.74) is 1.14. The number of benzene rings is 1. The summed E-state index contributed by atoms with van der Waals surface area (Å²) < 4.78 is 0. The van der Waals surface area contributed by atoms with E-state index >= 15 is 0 Å². The van der Waals surface area contributed by atoms with Gasteiger partial charge in [0.2, 0.25) is 0 Å². The van der Waals surface area contributed by atoms with Crippen LogP contribution in [0.3, 0.4) is 0 Å². The Labute approximate surface area is 115 Å². The number of aromatic nitrogens is 1. The topological polar surface area (TPSA) is 42.0 Å². The van der Waals surface area contributed by atoms with Gasteiger partial charge in [-0.05, 0) is 24.5 Å². The highest BCUT2D eigenvalue weighted by atomic mass is 35.5. The first-order chi connectivity index (χ1) is 8.72. The Hall–Kier alpha value is -1.52. The molecule has 0 bridgehead atoms. The Morgan fingerprint density at radius 3 is 2.83 bits per heavy atom. The smallest absolute Gasteiger partial charge is 0.256 e. The lowest BCUT2D eigenvalue weighted by Gasteiger charge is -2.09. The number of nitrogens with zero attached hydrogens (tertiary/aromatic N) is 1. The molecule has 92 valence electrons. The van der Waals surface area contributed by atoms with Crippen molar-refractivity contribution in [3.63, 3.8) is 0 Å². The number of rotatable bonds is 3. The number of hydrogen-bond acceptors (Lipinski definition) is 3. The minimum atomic E-state index is -0.185. The third-order valence-electron chi connectivity index (χ3n) is 2.37. The molecular weight excluding hydrogens is 268 g/mol. The molecule has 0 fully saturated rings. The van der Waals surface area contributed by atoms with Crippen molar-refractivity contribution in [1.29, 1.82) is 0 Å². The molecule has 0 aliphatic heterocycles. The number of halogens is 1. The first-order valence-corrected chi connectivity index (χ1v) is 6.86. The van der Waals surface area contributed by atoms with E-state index < -0.39 is 0 Å². The van der Waals surface area contributed by atoms with Crippen LogP contribution in [0.5, 0.6) is 0 Å².